The molecule has 2 atom stereocenters. The molecule has 2 N–H and O–H groups in total. The zero-order valence-electron chi connectivity index (χ0n) is 12.2. The van der Waals surface area contributed by atoms with Crippen LogP contribution in [0.4, 0.5) is 5.69 Å². The molecule has 21 heavy (non-hydrogen) atoms. The maximum atomic E-state index is 12.3. The first-order valence-electron chi connectivity index (χ1n) is 7.17. The van der Waals surface area contributed by atoms with Crippen molar-refractivity contribution in [2.24, 2.45) is 11.8 Å². The highest BCUT2D eigenvalue weighted by atomic mass is 32.1. The summed E-state index contributed by atoms with van der Waals surface area (Å²) < 4.78 is 0. The van der Waals surface area contributed by atoms with Crippen LogP contribution in [0.3, 0.4) is 0 Å². The summed E-state index contributed by atoms with van der Waals surface area (Å²) in [6, 6.07) is 7.88. The summed E-state index contributed by atoms with van der Waals surface area (Å²) in [6.07, 6.45) is 0. The molecule has 1 saturated heterocycles. The molecule has 0 saturated carbocycles. The first kappa shape index (κ1) is 14.2. The van der Waals surface area contributed by atoms with E-state index in [-0.39, 0.29) is 11.8 Å². The summed E-state index contributed by atoms with van der Waals surface area (Å²) in [5.41, 5.74) is 2.83. The van der Waals surface area contributed by atoms with E-state index in [1.165, 1.54) is 0 Å². The van der Waals surface area contributed by atoms with Crippen LogP contribution in [0.25, 0.3) is 11.3 Å². The van der Waals surface area contributed by atoms with E-state index in [0.717, 1.165) is 35.0 Å². The second-order valence-electron chi connectivity index (χ2n) is 5.56. The van der Waals surface area contributed by atoms with Gasteiger partial charge in [-0.1, -0.05) is 19.1 Å². The zero-order valence-corrected chi connectivity index (χ0v) is 13.0. The van der Waals surface area contributed by atoms with Gasteiger partial charge in [-0.2, -0.15) is 0 Å². The van der Waals surface area contributed by atoms with Crippen LogP contribution in [-0.2, 0) is 4.79 Å². The van der Waals surface area contributed by atoms with Crippen molar-refractivity contribution in [3.63, 3.8) is 0 Å². The topological polar surface area (TPSA) is 54.0 Å². The average Bonchev–Trinajstić information content (AvgIpc) is 3.08. The summed E-state index contributed by atoms with van der Waals surface area (Å²) in [5.74, 6) is 0.531. The van der Waals surface area contributed by atoms with Gasteiger partial charge in [-0.3, -0.25) is 4.79 Å². The maximum absolute atomic E-state index is 12.3. The van der Waals surface area contributed by atoms with Gasteiger partial charge in [0.2, 0.25) is 5.91 Å². The van der Waals surface area contributed by atoms with E-state index < -0.39 is 0 Å². The van der Waals surface area contributed by atoms with Gasteiger partial charge in [-0.15, -0.1) is 11.3 Å². The largest absolute Gasteiger partial charge is 0.326 e. The summed E-state index contributed by atoms with van der Waals surface area (Å²) >= 11 is 1.63. The van der Waals surface area contributed by atoms with Gasteiger partial charge in [-0.05, 0) is 31.5 Å². The number of aromatic nitrogens is 1. The minimum Gasteiger partial charge on any atom is -0.326 e. The van der Waals surface area contributed by atoms with Crippen molar-refractivity contribution < 1.29 is 4.79 Å². The van der Waals surface area contributed by atoms with Gasteiger partial charge in [0.05, 0.1) is 16.6 Å². The summed E-state index contributed by atoms with van der Waals surface area (Å²) in [6.45, 7) is 5.78. The zero-order chi connectivity index (χ0) is 14.8. The Hall–Kier alpha value is -1.72. The van der Waals surface area contributed by atoms with Crippen LogP contribution < -0.4 is 10.6 Å². The van der Waals surface area contributed by atoms with Crippen LogP contribution in [-0.4, -0.2) is 24.0 Å². The highest BCUT2D eigenvalue weighted by Crippen LogP contribution is 2.25. The number of anilines is 1. The third-order valence-corrected chi connectivity index (χ3v) is 4.67. The van der Waals surface area contributed by atoms with Crippen molar-refractivity contribution in [3.8, 4) is 11.3 Å². The number of nitrogens with one attached hydrogen (secondary N) is 2. The standard InChI is InChI=1S/C16H19N3OS/c1-10-7-17-8-14(10)16(20)19-13-5-3-4-12(6-13)15-9-21-11(2)18-15/h3-6,9-10,14,17H,7-8H2,1-2H3,(H,19,20)/t10-,14-/m1/s1. The van der Waals surface area contributed by atoms with Gasteiger partial charge in [0.25, 0.3) is 0 Å². The molecule has 1 amide bonds. The SMILES string of the molecule is Cc1nc(-c2cccc(NC(=O)[C@@H]3CNC[C@H]3C)c2)cs1. The number of hydrogen-bond donors (Lipinski definition) is 2. The lowest BCUT2D eigenvalue weighted by molar-refractivity contribution is -0.120. The van der Waals surface area contributed by atoms with Crippen LogP contribution in [0, 0.1) is 18.8 Å². The van der Waals surface area contributed by atoms with Crippen molar-refractivity contribution in [1.82, 2.24) is 10.3 Å². The molecular weight excluding hydrogens is 282 g/mol. The normalized spacial score (nSPS) is 21.4. The molecule has 3 rings (SSSR count). The molecule has 0 spiro atoms. The number of amides is 1. The van der Waals surface area contributed by atoms with E-state index in [4.69, 9.17) is 0 Å². The second-order valence-corrected chi connectivity index (χ2v) is 6.63. The van der Waals surface area contributed by atoms with E-state index in [2.05, 4.69) is 22.5 Å². The van der Waals surface area contributed by atoms with Crippen LogP contribution >= 0.6 is 11.3 Å². The molecule has 1 aromatic heterocycles. The van der Waals surface area contributed by atoms with E-state index in [9.17, 15) is 4.79 Å². The predicted molar refractivity (Wildman–Crippen MR) is 86.4 cm³/mol. The lowest BCUT2D eigenvalue weighted by atomic mass is 9.97. The number of hydrogen-bond acceptors (Lipinski definition) is 4. The summed E-state index contributed by atoms with van der Waals surface area (Å²) in [5, 5.41) is 9.37. The number of carbonyl (C=O) groups is 1. The fraction of sp³-hybridized carbons (Fsp3) is 0.375. The Morgan fingerprint density at radius 1 is 1.43 bits per heavy atom. The van der Waals surface area contributed by atoms with Crippen LogP contribution in [0.2, 0.25) is 0 Å². The lowest BCUT2D eigenvalue weighted by Crippen LogP contribution is -2.27. The van der Waals surface area contributed by atoms with Gasteiger partial charge in [-0.25, -0.2) is 4.98 Å². The Morgan fingerprint density at radius 3 is 2.95 bits per heavy atom. The highest BCUT2D eigenvalue weighted by Gasteiger charge is 2.29. The molecule has 1 aliphatic heterocycles. The van der Waals surface area contributed by atoms with Crippen molar-refractivity contribution in [2.45, 2.75) is 13.8 Å². The number of benzene rings is 1. The van der Waals surface area contributed by atoms with Gasteiger partial charge in [0.15, 0.2) is 0 Å². The van der Waals surface area contributed by atoms with Crippen LogP contribution in [0.1, 0.15) is 11.9 Å². The van der Waals surface area contributed by atoms with E-state index in [0.29, 0.717) is 5.92 Å². The third-order valence-electron chi connectivity index (χ3n) is 3.90. The van der Waals surface area contributed by atoms with Gasteiger partial charge in [0.1, 0.15) is 0 Å². The first-order valence-corrected chi connectivity index (χ1v) is 8.05. The highest BCUT2D eigenvalue weighted by molar-refractivity contribution is 7.09. The predicted octanol–water partition coefficient (Wildman–Crippen LogP) is 2.91. The van der Waals surface area contributed by atoms with E-state index in [1.54, 1.807) is 11.3 Å². The molecule has 0 unspecified atom stereocenters. The molecule has 2 aromatic rings. The third kappa shape index (κ3) is 3.14. The summed E-state index contributed by atoms with van der Waals surface area (Å²) in [7, 11) is 0. The van der Waals surface area contributed by atoms with Crippen molar-refractivity contribution in [2.75, 3.05) is 18.4 Å². The molecule has 1 aliphatic rings. The van der Waals surface area contributed by atoms with Gasteiger partial charge < -0.3 is 10.6 Å². The number of nitrogens with zero attached hydrogens (tertiary/aromatic N) is 1. The molecule has 0 aliphatic carbocycles. The Kier molecular flexibility index (Phi) is 4.03. The quantitative estimate of drug-likeness (QED) is 0.916. The molecule has 5 heteroatoms. The van der Waals surface area contributed by atoms with Crippen LogP contribution in [0.5, 0.6) is 0 Å². The molecule has 0 radical (unpaired) electrons. The minimum atomic E-state index is 0.0511. The fourth-order valence-corrected chi connectivity index (χ4v) is 3.27. The monoisotopic (exact) mass is 301 g/mol. The Labute approximate surface area is 128 Å². The fourth-order valence-electron chi connectivity index (χ4n) is 2.65. The lowest BCUT2D eigenvalue weighted by Gasteiger charge is -2.14. The molecule has 4 nitrogen and oxygen atoms in total. The Balaban J connectivity index is 1.76. The molecule has 0 bridgehead atoms. The maximum Gasteiger partial charge on any atom is 0.229 e. The number of aryl methyl sites for hydroxylation is 1. The van der Waals surface area contributed by atoms with Gasteiger partial charge in [0, 0.05) is 23.2 Å². The number of carbonyl (C=O) groups excluding carboxylic acids is 1. The second kappa shape index (κ2) is 5.95. The molecule has 1 fully saturated rings. The molecule has 1 aromatic carbocycles. The van der Waals surface area contributed by atoms with Crippen molar-refractivity contribution >= 4 is 22.9 Å². The average molecular weight is 301 g/mol. The Morgan fingerprint density at radius 2 is 2.29 bits per heavy atom. The van der Waals surface area contributed by atoms with E-state index >= 15 is 0 Å². The molecule has 110 valence electrons. The minimum absolute atomic E-state index is 0.0511. The van der Waals surface area contributed by atoms with E-state index in [1.807, 2.05) is 36.6 Å². The molecular formula is C16H19N3OS. The summed E-state index contributed by atoms with van der Waals surface area (Å²) in [4.78, 5) is 16.8. The first-order chi connectivity index (χ1) is 10.1. The smallest absolute Gasteiger partial charge is 0.229 e. The number of thiazole rings is 1. The van der Waals surface area contributed by atoms with Crippen molar-refractivity contribution in [1.29, 1.82) is 0 Å². The van der Waals surface area contributed by atoms with Crippen LogP contribution in [0.15, 0.2) is 29.6 Å². The van der Waals surface area contributed by atoms with Crippen molar-refractivity contribution in [3.05, 3.63) is 34.7 Å². The Bertz CT molecular complexity index is 652. The van der Waals surface area contributed by atoms with Gasteiger partial charge >= 0.3 is 0 Å². The molecule has 2 heterocycles. The number of rotatable bonds is 3.